The molecule has 2 aromatic rings. The van der Waals surface area contributed by atoms with Crippen LogP contribution < -0.4 is 9.62 Å². The number of nitrogens with zero attached hydrogens (tertiary/aromatic N) is 2. The fourth-order valence-corrected chi connectivity index (χ4v) is 3.92. The molecule has 2 amide bonds. The monoisotopic (exact) mass is 481 g/mol. The van der Waals surface area contributed by atoms with Gasteiger partial charge in [-0.1, -0.05) is 37.3 Å². The summed E-state index contributed by atoms with van der Waals surface area (Å²) in [5.74, 6) is -3.43. The van der Waals surface area contributed by atoms with Crippen molar-refractivity contribution in [1.29, 1.82) is 0 Å². The van der Waals surface area contributed by atoms with Crippen LogP contribution in [0.5, 0.6) is 0 Å². The molecule has 180 valence electrons. The number of sulfonamides is 1. The van der Waals surface area contributed by atoms with Crippen molar-refractivity contribution in [3.63, 3.8) is 0 Å². The fraction of sp³-hybridized carbons (Fsp3) is 0.391. The minimum absolute atomic E-state index is 0.0597. The minimum Gasteiger partial charge on any atom is -0.352 e. The highest BCUT2D eigenvalue weighted by Gasteiger charge is 2.30. The Morgan fingerprint density at radius 1 is 1.03 bits per heavy atom. The Kier molecular flexibility index (Phi) is 8.92. The maximum absolute atomic E-state index is 13.8. The summed E-state index contributed by atoms with van der Waals surface area (Å²) >= 11 is 0. The molecule has 2 rings (SSSR count). The zero-order valence-electron chi connectivity index (χ0n) is 19.1. The molecule has 0 spiro atoms. The van der Waals surface area contributed by atoms with Gasteiger partial charge in [-0.05, 0) is 38.0 Å². The first-order valence-electron chi connectivity index (χ1n) is 10.5. The molecular formula is C23H29F2N3O4S. The highest BCUT2D eigenvalue weighted by Crippen LogP contribution is 2.21. The van der Waals surface area contributed by atoms with Gasteiger partial charge in [0.2, 0.25) is 21.8 Å². The van der Waals surface area contributed by atoms with Crippen LogP contribution in [0.2, 0.25) is 0 Å². The molecule has 0 saturated heterocycles. The lowest BCUT2D eigenvalue weighted by molar-refractivity contribution is -0.139. The first-order valence-corrected chi connectivity index (χ1v) is 12.3. The van der Waals surface area contributed by atoms with Gasteiger partial charge in [-0.2, -0.15) is 0 Å². The largest absolute Gasteiger partial charge is 0.352 e. The molecule has 0 fully saturated rings. The third-order valence-corrected chi connectivity index (χ3v) is 6.38. The van der Waals surface area contributed by atoms with Gasteiger partial charge in [0, 0.05) is 18.7 Å². The van der Waals surface area contributed by atoms with Crippen molar-refractivity contribution in [3.05, 3.63) is 65.7 Å². The molecular weight excluding hydrogens is 452 g/mol. The maximum Gasteiger partial charge on any atom is 0.244 e. The first kappa shape index (κ1) is 26.2. The molecule has 0 aliphatic heterocycles. The molecule has 0 heterocycles. The summed E-state index contributed by atoms with van der Waals surface area (Å²) in [6, 6.07) is 10.5. The third kappa shape index (κ3) is 7.24. The van der Waals surface area contributed by atoms with E-state index in [4.69, 9.17) is 0 Å². The van der Waals surface area contributed by atoms with Crippen LogP contribution in [0.3, 0.4) is 0 Å². The third-order valence-electron chi connectivity index (χ3n) is 5.23. The van der Waals surface area contributed by atoms with Gasteiger partial charge in [-0.15, -0.1) is 0 Å². The number of amides is 2. The summed E-state index contributed by atoms with van der Waals surface area (Å²) in [5.41, 5.74) is 0.550. The van der Waals surface area contributed by atoms with E-state index < -0.39 is 40.2 Å². The number of hydrogen-bond acceptors (Lipinski definition) is 4. The number of carbonyl (C=O) groups is 2. The number of rotatable bonds is 10. The Morgan fingerprint density at radius 3 is 2.21 bits per heavy atom. The molecule has 1 N–H and O–H groups in total. The van der Waals surface area contributed by atoms with Gasteiger partial charge in [0.05, 0.1) is 11.9 Å². The number of hydrogen-bond donors (Lipinski definition) is 1. The SMILES string of the molecule is CC[C@@H](C)NC(=O)[C@@H](C)N(Cc1ccccc1)C(=O)CN(c1ccc(F)c(F)c1)S(C)(=O)=O. The number of nitrogens with one attached hydrogen (secondary N) is 1. The van der Waals surface area contributed by atoms with E-state index in [-0.39, 0.29) is 24.2 Å². The minimum atomic E-state index is -4.02. The summed E-state index contributed by atoms with van der Waals surface area (Å²) in [6.07, 6.45) is 1.56. The Labute approximate surface area is 193 Å². The van der Waals surface area contributed by atoms with Gasteiger partial charge in [0.1, 0.15) is 12.6 Å². The van der Waals surface area contributed by atoms with Crippen LogP contribution in [0.25, 0.3) is 0 Å². The lowest BCUT2D eigenvalue weighted by Crippen LogP contribution is -2.52. The van der Waals surface area contributed by atoms with Crippen molar-refractivity contribution in [2.24, 2.45) is 0 Å². The van der Waals surface area contributed by atoms with Crippen molar-refractivity contribution in [2.45, 2.75) is 45.8 Å². The van der Waals surface area contributed by atoms with E-state index in [1.807, 2.05) is 19.9 Å². The molecule has 10 heteroatoms. The standard InChI is InChI=1S/C23H29F2N3O4S/c1-5-16(2)26-23(30)17(3)27(14-18-9-7-6-8-10-18)22(29)15-28(33(4,31)32)19-11-12-20(24)21(25)13-19/h6-13,16-17H,5,14-15H2,1-4H3,(H,26,30)/t16-,17-/m1/s1. The van der Waals surface area contributed by atoms with Crippen molar-refractivity contribution in [1.82, 2.24) is 10.2 Å². The molecule has 0 aliphatic rings. The summed E-state index contributed by atoms with van der Waals surface area (Å²) < 4.78 is 52.6. The summed E-state index contributed by atoms with van der Waals surface area (Å²) in [5, 5.41) is 2.82. The molecule has 0 bridgehead atoms. The highest BCUT2D eigenvalue weighted by molar-refractivity contribution is 7.92. The predicted molar refractivity (Wildman–Crippen MR) is 123 cm³/mol. The second-order valence-corrected chi connectivity index (χ2v) is 9.78. The van der Waals surface area contributed by atoms with Crippen molar-refractivity contribution in [2.75, 3.05) is 17.1 Å². The molecule has 0 aromatic heterocycles. The van der Waals surface area contributed by atoms with Crippen LogP contribution in [0, 0.1) is 11.6 Å². The molecule has 33 heavy (non-hydrogen) atoms. The lowest BCUT2D eigenvalue weighted by Gasteiger charge is -2.32. The summed E-state index contributed by atoms with van der Waals surface area (Å²) in [6.45, 7) is 4.68. The zero-order valence-corrected chi connectivity index (χ0v) is 19.9. The lowest BCUT2D eigenvalue weighted by atomic mass is 10.1. The first-order chi connectivity index (χ1) is 15.4. The topological polar surface area (TPSA) is 86.8 Å². The van der Waals surface area contributed by atoms with Crippen molar-refractivity contribution >= 4 is 27.5 Å². The van der Waals surface area contributed by atoms with Crippen molar-refractivity contribution in [3.8, 4) is 0 Å². The van der Waals surface area contributed by atoms with Gasteiger partial charge in [-0.3, -0.25) is 13.9 Å². The normalized spacial score (nSPS) is 13.2. The Morgan fingerprint density at radius 2 is 1.67 bits per heavy atom. The number of benzene rings is 2. The molecule has 0 aliphatic carbocycles. The quantitative estimate of drug-likeness (QED) is 0.565. The van der Waals surface area contributed by atoms with E-state index in [2.05, 4.69) is 5.32 Å². The average Bonchev–Trinajstić information content (AvgIpc) is 2.76. The van der Waals surface area contributed by atoms with Crippen LogP contribution in [-0.4, -0.2) is 50.0 Å². The van der Waals surface area contributed by atoms with Crippen LogP contribution in [0.1, 0.15) is 32.8 Å². The second-order valence-electron chi connectivity index (χ2n) is 7.87. The fourth-order valence-electron chi connectivity index (χ4n) is 3.08. The van der Waals surface area contributed by atoms with Crippen LogP contribution in [0.4, 0.5) is 14.5 Å². The van der Waals surface area contributed by atoms with E-state index in [1.54, 1.807) is 31.2 Å². The molecule has 2 aromatic carbocycles. The Hall–Kier alpha value is -3.01. The molecule has 2 atom stereocenters. The maximum atomic E-state index is 13.8. The second kappa shape index (κ2) is 11.2. The molecule has 0 radical (unpaired) electrons. The van der Waals surface area contributed by atoms with Gasteiger partial charge in [0.25, 0.3) is 0 Å². The van der Waals surface area contributed by atoms with Gasteiger partial charge in [-0.25, -0.2) is 17.2 Å². The van der Waals surface area contributed by atoms with E-state index in [0.29, 0.717) is 16.8 Å². The Balaban J connectivity index is 2.38. The van der Waals surface area contributed by atoms with E-state index in [0.717, 1.165) is 24.0 Å². The zero-order chi connectivity index (χ0) is 24.8. The van der Waals surface area contributed by atoms with Crippen LogP contribution in [0.15, 0.2) is 48.5 Å². The van der Waals surface area contributed by atoms with Crippen LogP contribution >= 0.6 is 0 Å². The summed E-state index contributed by atoms with van der Waals surface area (Å²) in [7, 11) is -4.02. The highest BCUT2D eigenvalue weighted by atomic mass is 32.2. The van der Waals surface area contributed by atoms with Gasteiger partial charge < -0.3 is 10.2 Å². The Bertz CT molecular complexity index is 1080. The van der Waals surface area contributed by atoms with E-state index >= 15 is 0 Å². The van der Waals surface area contributed by atoms with E-state index in [9.17, 15) is 26.8 Å². The van der Waals surface area contributed by atoms with Gasteiger partial charge in [0.15, 0.2) is 11.6 Å². The molecule has 0 saturated carbocycles. The number of anilines is 1. The predicted octanol–water partition coefficient (Wildman–Crippen LogP) is 3.06. The van der Waals surface area contributed by atoms with Gasteiger partial charge >= 0.3 is 0 Å². The summed E-state index contributed by atoms with van der Waals surface area (Å²) in [4.78, 5) is 27.3. The number of carbonyl (C=O) groups excluding carboxylic acids is 2. The molecule has 0 unspecified atom stereocenters. The average molecular weight is 482 g/mol. The molecule has 7 nitrogen and oxygen atoms in total. The van der Waals surface area contributed by atoms with Crippen molar-refractivity contribution < 1.29 is 26.8 Å². The van der Waals surface area contributed by atoms with Crippen LogP contribution in [-0.2, 0) is 26.2 Å². The van der Waals surface area contributed by atoms with E-state index in [1.165, 1.54) is 4.90 Å². The smallest absolute Gasteiger partial charge is 0.244 e. The number of halogens is 2.